The molecule has 1 aliphatic carbocycles. The van der Waals surface area contributed by atoms with Crippen LogP contribution >= 0.6 is 0 Å². The summed E-state index contributed by atoms with van der Waals surface area (Å²) in [5.41, 5.74) is 12.7. The maximum atomic E-state index is 6.35. The van der Waals surface area contributed by atoms with Crippen LogP contribution in [0, 0.1) is 14.9 Å². The normalized spacial score (nSPS) is 19.9. The molecule has 1 aromatic rings. The van der Waals surface area contributed by atoms with Gasteiger partial charge in [0.05, 0.1) is 11.4 Å². The predicted molar refractivity (Wildman–Crippen MR) is 101 cm³/mol. The number of fused-ring (bicyclic) bond motifs is 1. The molecule has 2 nitrogen and oxygen atoms in total. The fourth-order valence-electron chi connectivity index (χ4n) is 2.56. The first-order chi connectivity index (χ1) is 9.22. The zero-order chi connectivity index (χ0) is 13.8. The Morgan fingerprint density at radius 3 is 2.27 bits per heavy atom. The maximum Gasteiger partial charge on any atom is 2.00 e. The summed E-state index contributed by atoms with van der Waals surface area (Å²) in [6, 6.07) is 8.28. The first kappa shape index (κ1) is 23.5. The van der Waals surface area contributed by atoms with Crippen LogP contribution in [-0.2, 0) is 6.42 Å². The van der Waals surface area contributed by atoms with Crippen molar-refractivity contribution >= 4 is 51.2 Å². The number of rotatable bonds is 3. The summed E-state index contributed by atoms with van der Waals surface area (Å²) in [5, 5.41) is 3.21. The van der Waals surface area contributed by atoms with Crippen LogP contribution in [-0.4, -0.2) is 52.5 Å². The summed E-state index contributed by atoms with van der Waals surface area (Å²) in [4.78, 5) is 0. The molecule has 2 rings (SSSR count). The van der Waals surface area contributed by atoms with Gasteiger partial charge in [0.2, 0.25) is 0 Å². The topological polar surface area (TPSA) is 38.0 Å². The second-order valence-electron chi connectivity index (χ2n) is 4.54. The van der Waals surface area contributed by atoms with Crippen LogP contribution in [0.15, 0.2) is 66.4 Å². The van der Waals surface area contributed by atoms with Crippen molar-refractivity contribution in [1.29, 1.82) is 0 Å². The number of nitrogens with one attached hydrogen (secondary N) is 1. The van der Waals surface area contributed by atoms with Crippen LogP contribution in [0.25, 0.3) is 5.70 Å². The number of aryl methyl sites for hydroxylation is 1. The third kappa shape index (κ3) is 4.63. The molecular weight excluding hydrogens is 344 g/mol. The Kier molecular flexibility index (Phi) is 11.7. The fourth-order valence-corrected chi connectivity index (χ4v) is 2.56. The van der Waals surface area contributed by atoms with Gasteiger partial charge in [0.1, 0.15) is 0 Å². The molecule has 1 aliphatic rings. The van der Waals surface area contributed by atoms with Gasteiger partial charge in [-0.05, 0) is 24.0 Å². The van der Waals surface area contributed by atoms with Gasteiger partial charge in [-0.15, -0.1) is 0 Å². The third-order valence-corrected chi connectivity index (χ3v) is 3.56. The number of allylic oxidation sites excluding steroid dienone is 3. The molecule has 114 valence electrons. The largest absolute Gasteiger partial charge is 2.00 e. The monoisotopic (exact) mass is 370 g/mol. The van der Waals surface area contributed by atoms with E-state index in [0.29, 0.717) is 0 Å². The van der Waals surface area contributed by atoms with Crippen LogP contribution in [0.1, 0.15) is 17.5 Å². The molecule has 3 heteroatoms. The first-order valence-corrected chi connectivity index (χ1v) is 6.47. The quantitative estimate of drug-likeness (QED) is 0.630. The summed E-state index contributed by atoms with van der Waals surface area (Å²) in [7, 11) is 1.89. The molecule has 0 aromatic heterocycles. The Bertz CT molecular complexity index is 583. The molecular formula is C19H26N2Sr. The number of nitrogens with two attached hydrogens (primary N) is 1. The summed E-state index contributed by atoms with van der Waals surface area (Å²) < 4.78 is 0. The Labute approximate surface area is 173 Å². The molecule has 0 fully saturated rings. The SMILES string of the molecule is C=C/C1=C(C=C)/C(NC)=C(/N)c2ccccc2CC1.[CH3-].[CH3-].[Sr+2]. The second kappa shape index (κ2) is 10.9. The van der Waals surface area contributed by atoms with Crippen LogP contribution in [0.5, 0.6) is 0 Å². The van der Waals surface area contributed by atoms with Crippen LogP contribution in [0.3, 0.4) is 0 Å². The van der Waals surface area contributed by atoms with E-state index in [9.17, 15) is 0 Å². The van der Waals surface area contributed by atoms with E-state index >= 15 is 0 Å². The van der Waals surface area contributed by atoms with Crippen LogP contribution in [0.4, 0.5) is 0 Å². The van der Waals surface area contributed by atoms with E-state index in [1.165, 1.54) is 11.1 Å². The minimum Gasteiger partial charge on any atom is -0.397 e. The zero-order valence-corrected chi connectivity index (χ0v) is 17.6. The van der Waals surface area contributed by atoms with Crippen molar-refractivity contribution in [3.05, 3.63) is 92.4 Å². The molecule has 0 bridgehead atoms. The van der Waals surface area contributed by atoms with E-state index in [1.54, 1.807) is 0 Å². The average molecular weight is 370 g/mol. The van der Waals surface area contributed by atoms with Gasteiger partial charge in [-0.3, -0.25) is 0 Å². The van der Waals surface area contributed by atoms with E-state index in [-0.39, 0.29) is 60.3 Å². The third-order valence-electron chi connectivity index (χ3n) is 3.56. The van der Waals surface area contributed by atoms with Crippen molar-refractivity contribution in [1.82, 2.24) is 5.32 Å². The minimum atomic E-state index is 0. The van der Waals surface area contributed by atoms with Crippen LogP contribution in [0.2, 0.25) is 0 Å². The first-order valence-electron chi connectivity index (χ1n) is 6.47. The standard InChI is InChI=1S/C17H20N2.2CH3.Sr/c1-4-12-10-11-13-8-6-7-9-15(13)16(18)17(19-3)14(12)5-2;;;/h4-9,19H,1-2,10-11,18H2,3H3;2*1H3;/q;2*-1;+2/b14-12-,17-16-;;;. The van der Waals surface area contributed by atoms with Crippen molar-refractivity contribution in [3.8, 4) is 0 Å². The van der Waals surface area contributed by atoms with Crippen molar-refractivity contribution in [2.24, 2.45) is 5.73 Å². The van der Waals surface area contributed by atoms with E-state index in [2.05, 4.69) is 36.7 Å². The van der Waals surface area contributed by atoms with Gasteiger partial charge in [0.15, 0.2) is 0 Å². The molecule has 0 saturated heterocycles. The Balaban J connectivity index is 0. The number of hydrogen-bond donors (Lipinski definition) is 2. The smallest absolute Gasteiger partial charge is 0.397 e. The van der Waals surface area contributed by atoms with Crippen molar-refractivity contribution in [3.63, 3.8) is 0 Å². The molecule has 0 atom stereocenters. The average Bonchev–Trinajstić information content (AvgIpc) is 2.45. The van der Waals surface area contributed by atoms with E-state index in [0.717, 1.165) is 35.4 Å². The number of likely N-dealkylation sites (N-methyl/N-ethyl adjacent to an activating group) is 1. The van der Waals surface area contributed by atoms with E-state index in [4.69, 9.17) is 5.73 Å². The maximum absolute atomic E-state index is 6.35. The van der Waals surface area contributed by atoms with Crippen molar-refractivity contribution in [2.75, 3.05) is 7.05 Å². The number of benzene rings is 1. The second-order valence-corrected chi connectivity index (χ2v) is 4.54. The summed E-state index contributed by atoms with van der Waals surface area (Å²) >= 11 is 0. The van der Waals surface area contributed by atoms with E-state index in [1.807, 2.05) is 25.3 Å². The Morgan fingerprint density at radius 2 is 1.73 bits per heavy atom. The molecule has 0 saturated carbocycles. The van der Waals surface area contributed by atoms with Crippen molar-refractivity contribution in [2.45, 2.75) is 12.8 Å². The molecule has 0 radical (unpaired) electrons. The van der Waals surface area contributed by atoms with Gasteiger partial charge in [-0.25, -0.2) is 0 Å². The molecule has 0 amide bonds. The van der Waals surface area contributed by atoms with Gasteiger partial charge in [-0.1, -0.05) is 49.6 Å². The van der Waals surface area contributed by atoms with Gasteiger partial charge in [0, 0.05) is 18.2 Å². The van der Waals surface area contributed by atoms with Gasteiger partial charge >= 0.3 is 45.5 Å². The molecule has 3 N–H and O–H groups in total. The van der Waals surface area contributed by atoms with Gasteiger partial charge in [-0.2, -0.15) is 0 Å². The van der Waals surface area contributed by atoms with E-state index < -0.39 is 0 Å². The van der Waals surface area contributed by atoms with Crippen molar-refractivity contribution < 1.29 is 0 Å². The molecule has 0 aliphatic heterocycles. The molecule has 0 heterocycles. The van der Waals surface area contributed by atoms with Crippen LogP contribution < -0.4 is 11.1 Å². The Morgan fingerprint density at radius 1 is 1.09 bits per heavy atom. The molecule has 0 unspecified atom stereocenters. The van der Waals surface area contributed by atoms with Gasteiger partial charge in [0.25, 0.3) is 0 Å². The summed E-state index contributed by atoms with van der Waals surface area (Å²) in [6.07, 6.45) is 5.66. The van der Waals surface area contributed by atoms with Gasteiger partial charge < -0.3 is 25.9 Å². The molecule has 1 aromatic carbocycles. The molecule has 22 heavy (non-hydrogen) atoms. The summed E-state index contributed by atoms with van der Waals surface area (Å²) in [6.45, 7) is 7.82. The predicted octanol–water partition coefficient (Wildman–Crippen LogP) is 3.67. The fraction of sp³-hybridized carbons (Fsp3) is 0.158. The number of hydrogen-bond acceptors (Lipinski definition) is 2. The molecule has 0 spiro atoms. The zero-order valence-electron chi connectivity index (χ0n) is 14.1. The minimum absolute atomic E-state index is 0. The summed E-state index contributed by atoms with van der Waals surface area (Å²) in [5.74, 6) is 0. The Hall–Kier alpha value is -0.739.